The molecule has 1 saturated heterocycles. The summed E-state index contributed by atoms with van der Waals surface area (Å²) in [5.74, 6) is 1.48. The summed E-state index contributed by atoms with van der Waals surface area (Å²) in [7, 11) is 1.74. The van der Waals surface area contributed by atoms with Crippen LogP contribution in [0.2, 0.25) is 0 Å². The summed E-state index contributed by atoms with van der Waals surface area (Å²) in [5, 5.41) is 0. The average molecular weight is 248 g/mol. The molecule has 100 valence electrons. The van der Waals surface area contributed by atoms with E-state index < -0.39 is 0 Å². The first-order chi connectivity index (χ1) is 8.60. The molecule has 0 spiro atoms. The molecule has 18 heavy (non-hydrogen) atoms. The Bertz CT molecular complexity index is 403. The Hall–Kier alpha value is -1.06. The van der Waals surface area contributed by atoms with Gasteiger partial charge in [-0.25, -0.2) is 0 Å². The van der Waals surface area contributed by atoms with E-state index in [0.717, 1.165) is 31.8 Å². The van der Waals surface area contributed by atoms with Crippen LogP contribution in [0.15, 0.2) is 18.2 Å². The van der Waals surface area contributed by atoms with Gasteiger partial charge in [-0.3, -0.25) is 4.90 Å². The predicted molar refractivity (Wildman–Crippen MR) is 75.0 cm³/mol. The highest BCUT2D eigenvalue weighted by atomic mass is 16.5. The number of hydrogen-bond donors (Lipinski definition) is 1. The fraction of sp³-hybridized carbons (Fsp3) is 0.600. The van der Waals surface area contributed by atoms with E-state index in [9.17, 15) is 0 Å². The molecule has 1 aliphatic rings. The number of likely N-dealkylation sites (tertiary alicyclic amines) is 1. The van der Waals surface area contributed by atoms with Gasteiger partial charge in [0.25, 0.3) is 0 Å². The molecule has 1 aromatic carbocycles. The third-order valence-corrected chi connectivity index (χ3v) is 3.63. The number of nitrogens with two attached hydrogens (primary N) is 1. The van der Waals surface area contributed by atoms with Crippen LogP contribution in [-0.2, 0) is 6.54 Å². The van der Waals surface area contributed by atoms with Gasteiger partial charge in [-0.05, 0) is 29.5 Å². The van der Waals surface area contributed by atoms with Crippen LogP contribution in [0, 0.1) is 0 Å². The summed E-state index contributed by atoms with van der Waals surface area (Å²) in [4.78, 5) is 2.43. The Kier molecular flexibility index (Phi) is 4.25. The minimum atomic E-state index is 0.354. The quantitative estimate of drug-likeness (QED) is 0.889. The highest BCUT2D eigenvalue weighted by Crippen LogP contribution is 2.28. The van der Waals surface area contributed by atoms with Crippen molar-refractivity contribution in [2.75, 3.05) is 20.2 Å². The Balaban J connectivity index is 2.11. The first-order valence-corrected chi connectivity index (χ1v) is 6.75. The Morgan fingerprint density at radius 3 is 2.78 bits per heavy atom. The number of rotatable bonds is 4. The molecule has 2 N–H and O–H groups in total. The molecule has 1 heterocycles. The monoisotopic (exact) mass is 248 g/mol. The number of nitrogens with zero attached hydrogens (tertiary/aromatic N) is 1. The third-order valence-electron chi connectivity index (χ3n) is 3.63. The lowest BCUT2D eigenvalue weighted by atomic mass is 9.99. The van der Waals surface area contributed by atoms with Gasteiger partial charge < -0.3 is 10.5 Å². The van der Waals surface area contributed by atoms with Crippen LogP contribution in [0.1, 0.15) is 37.3 Å². The van der Waals surface area contributed by atoms with E-state index in [4.69, 9.17) is 10.5 Å². The van der Waals surface area contributed by atoms with Crippen LogP contribution in [-0.4, -0.2) is 31.1 Å². The molecule has 0 amide bonds. The van der Waals surface area contributed by atoms with Gasteiger partial charge >= 0.3 is 0 Å². The van der Waals surface area contributed by atoms with E-state index in [-0.39, 0.29) is 0 Å². The second-order valence-corrected chi connectivity index (χ2v) is 5.51. The maximum Gasteiger partial charge on any atom is 0.122 e. The average Bonchev–Trinajstić information content (AvgIpc) is 2.74. The van der Waals surface area contributed by atoms with E-state index in [1.54, 1.807) is 7.11 Å². The van der Waals surface area contributed by atoms with Crippen molar-refractivity contribution in [2.45, 2.75) is 38.8 Å². The fourth-order valence-electron chi connectivity index (χ4n) is 2.60. The second kappa shape index (κ2) is 5.72. The number of benzene rings is 1. The molecule has 1 aliphatic heterocycles. The molecule has 0 radical (unpaired) electrons. The highest BCUT2D eigenvalue weighted by molar-refractivity contribution is 5.39. The van der Waals surface area contributed by atoms with Gasteiger partial charge in [0.1, 0.15) is 5.75 Å². The lowest BCUT2D eigenvalue weighted by Gasteiger charge is -2.18. The van der Waals surface area contributed by atoms with Crippen molar-refractivity contribution in [3.63, 3.8) is 0 Å². The molecule has 3 heteroatoms. The van der Waals surface area contributed by atoms with E-state index in [0.29, 0.717) is 12.0 Å². The summed E-state index contributed by atoms with van der Waals surface area (Å²) in [6.07, 6.45) is 1.12. The molecular formula is C15H24N2O. The molecular weight excluding hydrogens is 224 g/mol. The van der Waals surface area contributed by atoms with Gasteiger partial charge in [0, 0.05) is 25.7 Å². The third kappa shape index (κ3) is 3.03. The zero-order valence-electron chi connectivity index (χ0n) is 11.6. The smallest absolute Gasteiger partial charge is 0.122 e. The van der Waals surface area contributed by atoms with Crippen molar-refractivity contribution < 1.29 is 4.74 Å². The van der Waals surface area contributed by atoms with Crippen LogP contribution < -0.4 is 10.5 Å². The first kappa shape index (κ1) is 13.4. The molecule has 0 aliphatic carbocycles. The van der Waals surface area contributed by atoms with Crippen molar-refractivity contribution in [3.8, 4) is 5.75 Å². The summed E-state index contributed by atoms with van der Waals surface area (Å²) < 4.78 is 5.42. The van der Waals surface area contributed by atoms with Gasteiger partial charge in [-0.2, -0.15) is 0 Å². The van der Waals surface area contributed by atoms with Crippen molar-refractivity contribution in [1.29, 1.82) is 0 Å². The van der Waals surface area contributed by atoms with Crippen molar-refractivity contribution in [2.24, 2.45) is 5.73 Å². The van der Waals surface area contributed by atoms with Crippen LogP contribution in [0.25, 0.3) is 0 Å². The molecule has 1 fully saturated rings. The van der Waals surface area contributed by atoms with E-state index in [2.05, 4.69) is 36.9 Å². The molecule has 1 atom stereocenters. The molecule has 2 rings (SSSR count). The molecule has 1 aromatic rings. The Morgan fingerprint density at radius 1 is 1.44 bits per heavy atom. The van der Waals surface area contributed by atoms with Crippen molar-refractivity contribution >= 4 is 0 Å². The van der Waals surface area contributed by atoms with Gasteiger partial charge in [0.05, 0.1) is 7.11 Å². The normalized spacial score (nSPS) is 20.6. The SMILES string of the molecule is COc1ccc(CN2CCC(N)C2)cc1C(C)C. The molecule has 3 nitrogen and oxygen atoms in total. The number of hydrogen-bond acceptors (Lipinski definition) is 3. The van der Waals surface area contributed by atoms with Gasteiger partial charge in [0.15, 0.2) is 0 Å². The van der Waals surface area contributed by atoms with Crippen molar-refractivity contribution in [3.05, 3.63) is 29.3 Å². The molecule has 0 bridgehead atoms. The van der Waals surface area contributed by atoms with Gasteiger partial charge in [-0.1, -0.05) is 26.0 Å². The molecule has 0 aromatic heterocycles. The Morgan fingerprint density at radius 2 is 2.22 bits per heavy atom. The fourth-order valence-corrected chi connectivity index (χ4v) is 2.60. The van der Waals surface area contributed by atoms with Crippen molar-refractivity contribution in [1.82, 2.24) is 4.90 Å². The van der Waals surface area contributed by atoms with E-state index in [1.807, 2.05) is 0 Å². The van der Waals surface area contributed by atoms with Crippen LogP contribution in [0.5, 0.6) is 5.75 Å². The maximum absolute atomic E-state index is 5.94. The van der Waals surface area contributed by atoms with E-state index >= 15 is 0 Å². The van der Waals surface area contributed by atoms with Gasteiger partial charge in [-0.15, -0.1) is 0 Å². The topological polar surface area (TPSA) is 38.5 Å². The zero-order chi connectivity index (χ0) is 13.1. The minimum Gasteiger partial charge on any atom is -0.496 e. The van der Waals surface area contributed by atoms with Crippen LogP contribution in [0.3, 0.4) is 0 Å². The standard InChI is InChI=1S/C15H24N2O/c1-11(2)14-8-12(4-5-15(14)18-3)9-17-7-6-13(16)10-17/h4-5,8,11,13H,6-7,9-10,16H2,1-3H3. The highest BCUT2D eigenvalue weighted by Gasteiger charge is 2.19. The Labute approximate surface area is 110 Å². The summed E-state index contributed by atoms with van der Waals surface area (Å²) in [5.41, 5.74) is 8.59. The number of methoxy groups -OCH3 is 1. The second-order valence-electron chi connectivity index (χ2n) is 5.51. The lowest BCUT2D eigenvalue weighted by Crippen LogP contribution is -2.26. The predicted octanol–water partition coefficient (Wildman–Crippen LogP) is 2.35. The maximum atomic E-state index is 5.94. The number of ether oxygens (including phenoxy) is 1. The van der Waals surface area contributed by atoms with Gasteiger partial charge in [0.2, 0.25) is 0 Å². The summed E-state index contributed by atoms with van der Waals surface area (Å²) in [6.45, 7) is 7.53. The zero-order valence-corrected chi connectivity index (χ0v) is 11.6. The van der Waals surface area contributed by atoms with E-state index in [1.165, 1.54) is 11.1 Å². The largest absolute Gasteiger partial charge is 0.496 e. The molecule has 0 saturated carbocycles. The molecule has 1 unspecified atom stereocenters. The summed E-state index contributed by atoms with van der Waals surface area (Å²) in [6, 6.07) is 6.87. The van der Waals surface area contributed by atoms with Crippen LogP contribution >= 0.6 is 0 Å². The first-order valence-electron chi connectivity index (χ1n) is 6.75. The lowest BCUT2D eigenvalue weighted by molar-refractivity contribution is 0.326. The van der Waals surface area contributed by atoms with Crippen LogP contribution in [0.4, 0.5) is 0 Å². The minimum absolute atomic E-state index is 0.354. The summed E-state index contributed by atoms with van der Waals surface area (Å²) >= 11 is 0.